The van der Waals surface area contributed by atoms with Gasteiger partial charge in [0.15, 0.2) is 6.61 Å². The number of carbonyl (C=O) groups excluding carboxylic acids is 1. The zero-order valence-electron chi connectivity index (χ0n) is 12.3. The number of methoxy groups -OCH3 is 1. The second-order valence-electron chi connectivity index (χ2n) is 4.63. The van der Waals surface area contributed by atoms with Gasteiger partial charge in [0, 0.05) is 6.54 Å². The summed E-state index contributed by atoms with van der Waals surface area (Å²) in [6.45, 7) is 0.459. The zero-order valence-corrected chi connectivity index (χ0v) is 13.1. The maximum absolute atomic E-state index is 11.8. The van der Waals surface area contributed by atoms with Crippen LogP contribution in [0, 0.1) is 0 Å². The first kappa shape index (κ1) is 16.2. The van der Waals surface area contributed by atoms with Crippen molar-refractivity contribution in [3.05, 3.63) is 59.1 Å². The Labute approximate surface area is 135 Å². The van der Waals surface area contributed by atoms with Crippen molar-refractivity contribution in [2.75, 3.05) is 20.3 Å². The first-order valence-electron chi connectivity index (χ1n) is 6.96. The number of benzene rings is 2. The van der Waals surface area contributed by atoms with Gasteiger partial charge in [-0.05, 0) is 30.2 Å². The number of halogens is 1. The molecule has 1 amide bonds. The van der Waals surface area contributed by atoms with Gasteiger partial charge in [-0.15, -0.1) is 0 Å². The van der Waals surface area contributed by atoms with Gasteiger partial charge >= 0.3 is 0 Å². The number of rotatable bonds is 7. The average molecular weight is 320 g/mol. The first-order chi connectivity index (χ1) is 10.7. The maximum Gasteiger partial charge on any atom is 0.257 e. The van der Waals surface area contributed by atoms with E-state index in [4.69, 9.17) is 21.1 Å². The monoisotopic (exact) mass is 319 g/mol. The van der Waals surface area contributed by atoms with Gasteiger partial charge < -0.3 is 14.8 Å². The van der Waals surface area contributed by atoms with Crippen LogP contribution in [0.1, 0.15) is 5.56 Å². The minimum absolute atomic E-state index is 0.0599. The molecule has 2 rings (SSSR count). The number of hydrogen-bond acceptors (Lipinski definition) is 3. The predicted molar refractivity (Wildman–Crippen MR) is 86.7 cm³/mol. The van der Waals surface area contributed by atoms with Crippen LogP contribution in [0.25, 0.3) is 0 Å². The minimum Gasteiger partial charge on any atom is -0.496 e. The lowest BCUT2D eigenvalue weighted by Gasteiger charge is -2.10. The van der Waals surface area contributed by atoms with E-state index in [-0.39, 0.29) is 12.5 Å². The highest BCUT2D eigenvalue weighted by atomic mass is 35.5. The van der Waals surface area contributed by atoms with Gasteiger partial charge in [-0.2, -0.15) is 0 Å². The fourth-order valence-corrected chi connectivity index (χ4v) is 2.19. The molecule has 0 saturated carbocycles. The lowest BCUT2D eigenvalue weighted by molar-refractivity contribution is -0.123. The smallest absolute Gasteiger partial charge is 0.257 e. The summed E-state index contributed by atoms with van der Waals surface area (Å²) in [4.78, 5) is 11.8. The normalized spacial score (nSPS) is 10.1. The Morgan fingerprint density at radius 2 is 1.77 bits per heavy atom. The summed E-state index contributed by atoms with van der Waals surface area (Å²) in [6, 6.07) is 14.8. The Hall–Kier alpha value is -2.20. The largest absolute Gasteiger partial charge is 0.496 e. The van der Waals surface area contributed by atoms with Crippen LogP contribution in [0.4, 0.5) is 0 Å². The van der Waals surface area contributed by atoms with Crippen molar-refractivity contribution in [1.29, 1.82) is 0 Å². The van der Waals surface area contributed by atoms with Crippen molar-refractivity contribution in [2.45, 2.75) is 6.42 Å². The molecule has 4 nitrogen and oxygen atoms in total. The van der Waals surface area contributed by atoms with E-state index in [1.165, 1.54) is 0 Å². The summed E-state index contributed by atoms with van der Waals surface area (Å²) < 4.78 is 10.6. The van der Waals surface area contributed by atoms with Crippen molar-refractivity contribution < 1.29 is 14.3 Å². The molecule has 0 bridgehead atoms. The first-order valence-corrected chi connectivity index (χ1v) is 7.34. The van der Waals surface area contributed by atoms with Crippen LogP contribution in [0.5, 0.6) is 11.5 Å². The quantitative estimate of drug-likeness (QED) is 0.853. The van der Waals surface area contributed by atoms with E-state index in [1.54, 1.807) is 25.3 Å². The van der Waals surface area contributed by atoms with E-state index in [0.29, 0.717) is 23.7 Å². The van der Waals surface area contributed by atoms with Crippen LogP contribution >= 0.6 is 11.6 Å². The van der Waals surface area contributed by atoms with E-state index in [9.17, 15) is 4.79 Å². The Morgan fingerprint density at radius 3 is 2.50 bits per heavy atom. The van der Waals surface area contributed by atoms with Crippen LogP contribution in [0.3, 0.4) is 0 Å². The number of hydrogen-bond donors (Lipinski definition) is 1. The molecule has 0 radical (unpaired) electrons. The molecule has 22 heavy (non-hydrogen) atoms. The summed E-state index contributed by atoms with van der Waals surface area (Å²) >= 11 is 5.95. The molecular formula is C17H18ClNO3. The van der Waals surface area contributed by atoms with Crippen LogP contribution < -0.4 is 14.8 Å². The molecule has 0 atom stereocenters. The molecule has 0 saturated heterocycles. The number of carbonyl (C=O) groups is 1. The number of amides is 1. The third-order valence-corrected chi connectivity index (χ3v) is 3.42. The van der Waals surface area contributed by atoms with Crippen molar-refractivity contribution in [1.82, 2.24) is 5.32 Å². The highest BCUT2D eigenvalue weighted by molar-refractivity contribution is 6.32. The lowest BCUT2D eigenvalue weighted by atomic mass is 10.1. The molecule has 2 aromatic rings. The highest BCUT2D eigenvalue weighted by Crippen LogP contribution is 2.22. The lowest BCUT2D eigenvalue weighted by Crippen LogP contribution is -2.30. The highest BCUT2D eigenvalue weighted by Gasteiger charge is 2.06. The van der Waals surface area contributed by atoms with Crippen LogP contribution in [0.2, 0.25) is 5.02 Å². The van der Waals surface area contributed by atoms with Gasteiger partial charge in [-0.3, -0.25) is 4.79 Å². The summed E-state index contributed by atoms with van der Waals surface area (Å²) in [6.07, 6.45) is 0.696. The predicted octanol–water partition coefficient (Wildman–Crippen LogP) is 3.09. The standard InChI is InChI=1S/C17H18ClNO3/c1-21-15-8-4-2-6-13(15)10-11-19-17(20)12-22-16-9-5-3-7-14(16)18/h2-9H,10-12H2,1H3,(H,19,20). The molecule has 0 aromatic heterocycles. The molecule has 2 aromatic carbocycles. The third-order valence-electron chi connectivity index (χ3n) is 3.10. The van der Waals surface area contributed by atoms with Gasteiger partial charge in [-0.25, -0.2) is 0 Å². The second kappa shape index (κ2) is 8.29. The van der Waals surface area contributed by atoms with Crippen molar-refractivity contribution in [3.63, 3.8) is 0 Å². The maximum atomic E-state index is 11.8. The number of ether oxygens (including phenoxy) is 2. The van der Waals surface area contributed by atoms with E-state index in [2.05, 4.69) is 5.32 Å². The van der Waals surface area contributed by atoms with Gasteiger partial charge in [0.2, 0.25) is 0 Å². The van der Waals surface area contributed by atoms with E-state index < -0.39 is 0 Å². The molecule has 0 spiro atoms. The van der Waals surface area contributed by atoms with E-state index in [1.807, 2.05) is 30.3 Å². The second-order valence-corrected chi connectivity index (χ2v) is 5.04. The van der Waals surface area contributed by atoms with Crippen LogP contribution in [-0.4, -0.2) is 26.2 Å². The zero-order chi connectivity index (χ0) is 15.8. The molecule has 0 aliphatic heterocycles. The Bertz CT molecular complexity index is 631. The summed E-state index contributed by atoms with van der Waals surface area (Å²) in [7, 11) is 1.63. The molecule has 5 heteroatoms. The Morgan fingerprint density at radius 1 is 1.09 bits per heavy atom. The third kappa shape index (κ3) is 4.67. The molecule has 0 fully saturated rings. The van der Waals surface area contributed by atoms with Gasteiger partial charge in [0.05, 0.1) is 12.1 Å². The Kier molecular flexibility index (Phi) is 6.10. The van der Waals surface area contributed by atoms with Crippen LogP contribution in [0.15, 0.2) is 48.5 Å². The molecular weight excluding hydrogens is 302 g/mol. The summed E-state index contributed by atoms with van der Waals surface area (Å²) in [5, 5.41) is 3.30. The molecule has 0 unspecified atom stereocenters. The fourth-order valence-electron chi connectivity index (χ4n) is 2.00. The fraction of sp³-hybridized carbons (Fsp3) is 0.235. The van der Waals surface area contributed by atoms with E-state index in [0.717, 1.165) is 11.3 Å². The molecule has 116 valence electrons. The van der Waals surface area contributed by atoms with Crippen molar-refractivity contribution in [3.8, 4) is 11.5 Å². The topological polar surface area (TPSA) is 47.6 Å². The Balaban J connectivity index is 1.75. The number of para-hydroxylation sites is 2. The van der Waals surface area contributed by atoms with Crippen molar-refractivity contribution in [2.24, 2.45) is 0 Å². The summed E-state index contributed by atoms with van der Waals surface area (Å²) in [5.41, 5.74) is 1.05. The van der Waals surface area contributed by atoms with E-state index >= 15 is 0 Å². The minimum atomic E-state index is -0.185. The molecule has 0 aliphatic rings. The molecule has 1 N–H and O–H groups in total. The van der Waals surface area contributed by atoms with Gasteiger partial charge in [-0.1, -0.05) is 41.9 Å². The average Bonchev–Trinajstić information content (AvgIpc) is 2.54. The van der Waals surface area contributed by atoms with Gasteiger partial charge in [0.1, 0.15) is 11.5 Å². The van der Waals surface area contributed by atoms with Crippen LogP contribution in [-0.2, 0) is 11.2 Å². The van der Waals surface area contributed by atoms with Crippen molar-refractivity contribution >= 4 is 17.5 Å². The SMILES string of the molecule is COc1ccccc1CCNC(=O)COc1ccccc1Cl. The number of nitrogens with one attached hydrogen (secondary N) is 1. The molecule has 0 heterocycles. The summed E-state index contributed by atoms with van der Waals surface area (Å²) in [5.74, 6) is 1.14. The van der Waals surface area contributed by atoms with Gasteiger partial charge in [0.25, 0.3) is 5.91 Å². The molecule has 0 aliphatic carbocycles.